The van der Waals surface area contributed by atoms with E-state index in [0.29, 0.717) is 0 Å². The van der Waals surface area contributed by atoms with Crippen LogP contribution < -0.4 is 0 Å². The summed E-state index contributed by atoms with van der Waals surface area (Å²) < 4.78 is 2.24. The molecule has 0 radical (unpaired) electrons. The molecule has 3 aromatic rings. The second kappa shape index (κ2) is 3.53. The lowest BCUT2D eigenvalue weighted by atomic mass is 10.1. The molecule has 0 fully saturated rings. The second-order valence-electron chi connectivity index (χ2n) is 3.98. The Kier molecular flexibility index (Phi) is 2.03. The number of fused-ring (bicyclic) bond motifs is 3. The van der Waals surface area contributed by atoms with E-state index in [1.54, 1.807) is 0 Å². The largest absolute Gasteiger partial charge is 0.343 e. The van der Waals surface area contributed by atoms with E-state index < -0.39 is 0 Å². The lowest BCUT2D eigenvalue weighted by Gasteiger charge is -2.05. The summed E-state index contributed by atoms with van der Waals surface area (Å²) in [5.41, 5.74) is 1.30. The number of hydrogen-bond acceptors (Lipinski definition) is 0. The third-order valence-corrected chi connectivity index (χ3v) is 2.98. The maximum atomic E-state index is 3.80. The van der Waals surface area contributed by atoms with E-state index in [9.17, 15) is 0 Å². The van der Waals surface area contributed by atoms with Crippen molar-refractivity contribution in [1.82, 2.24) is 4.57 Å². The molecule has 1 aromatic heterocycles. The summed E-state index contributed by atoms with van der Waals surface area (Å²) in [5.74, 6) is 0. The zero-order valence-corrected chi connectivity index (χ0v) is 9.06. The molecule has 0 aliphatic carbocycles. The van der Waals surface area contributed by atoms with Gasteiger partial charge in [0.15, 0.2) is 0 Å². The molecule has 0 spiro atoms. The van der Waals surface area contributed by atoms with Gasteiger partial charge in [0.1, 0.15) is 0 Å². The molecule has 16 heavy (non-hydrogen) atoms. The first-order valence-corrected chi connectivity index (χ1v) is 5.47. The van der Waals surface area contributed by atoms with Crippen LogP contribution >= 0.6 is 0 Å². The molecule has 1 heteroatoms. The Morgan fingerprint density at radius 1 is 1.00 bits per heavy atom. The van der Waals surface area contributed by atoms with Crippen LogP contribution in [0, 0.1) is 0 Å². The SMILES string of the molecule is C=CCn1ccc2ccc3ccccc3c21. The lowest BCUT2D eigenvalue weighted by Crippen LogP contribution is -1.92. The second-order valence-corrected chi connectivity index (χ2v) is 3.98. The smallest absolute Gasteiger partial charge is 0.0562 e. The van der Waals surface area contributed by atoms with Gasteiger partial charge in [-0.25, -0.2) is 0 Å². The summed E-state index contributed by atoms with van der Waals surface area (Å²) in [6, 6.07) is 15.0. The summed E-state index contributed by atoms with van der Waals surface area (Å²) in [7, 11) is 0. The van der Waals surface area contributed by atoms with Gasteiger partial charge in [0.25, 0.3) is 0 Å². The van der Waals surface area contributed by atoms with Gasteiger partial charge < -0.3 is 4.57 Å². The Hall–Kier alpha value is -2.02. The van der Waals surface area contributed by atoms with Crippen molar-refractivity contribution < 1.29 is 0 Å². The number of aromatic nitrogens is 1. The number of hydrogen-bond donors (Lipinski definition) is 0. The topological polar surface area (TPSA) is 4.93 Å². The number of allylic oxidation sites excluding steroid dienone is 1. The van der Waals surface area contributed by atoms with Crippen LogP contribution in [0.2, 0.25) is 0 Å². The van der Waals surface area contributed by atoms with E-state index in [4.69, 9.17) is 0 Å². The highest BCUT2D eigenvalue weighted by molar-refractivity contribution is 6.05. The summed E-state index contributed by atoms with van der Waals surface area (Å²) in [5, 5.41) is 3.89. The molecule has 0 saturated carbocycles. The molecular formula is C15H13N. The third-order valence-electron chi connectivity index (χ3n) is 2.98. The van der Waals surface area contributed by atoms with Gasteiger partial charge in [0, 0.05) is 23.5 Å². The first-order valence-electron chi connectivity index (χ1n) is 5.47. The molecule has 0 aliphatic rings. The lowest BCUT2D eigenvalue weighted by molar-refractivity contribution is 0.868. The Labute approximate surface area is 94.6 Å². The molecule has 0 unspecified atom stereocenters. The normalized spacial score (nSPS) is 11.0. The van der Waals surface area contributed by atoms with Crippen LogP contribution in [0.4, 0.5) is 0 Å². The molecule has 1 nitrogen and oxygen atoms in total. The fraction of sp³-hybridized carbons (Fsp3) is 0.0667. The van der Waals surface area contributed by atoms with Crippen molar-refractivity contribution in [2.75, 3.05) is 0 Å². The molecule has 1 heterocycles. The van der Waals surface area contributed by atoms with Crippen LogP contribution in [0.25, 0.3) is 21.7 Å². The molecule has 0 bridgehead atoms. The predicted octanol–water partition coefficient (Wildman–Crippen LogP) is 3.98. The molecule has 0 saturated heterocycles. The van der Waals surface area contributed by atoms with Gasteiger partial charge in [-0.1, -0.05) is 42.5 Å². The van der Waals surface area contributed by atoms with Crippen LogP contribution in [0.3, 0.4) is 0 Å². The van der Waals surface area contributed by atoms with Gasteiger partial charge in [-0.05, 0) is 11.5 Å². The zero-order chi connectivity index (χ0) is 11.0. The van der Waals surface area contributed by atoms with Crippen molar-refractivity contribution in [3.63, 3.8) is 0 Å². The third kappa shape index (κ3) is 1.25. The summed E-state index contributed by atoms with van der Waals surface area (Å²) in [6.45, 7) is 4.66. The van der Waals surface area contributed by atoms with Gasteiger partial charge in [-0.2, -0.15) is 0 Å². The Morgan fingerprint density at radius 3 is 2.69 bits per heavy atom. The van der Waals surface area contributed by atoms with Gasteiger partial charge in [0.2, 0.25) is 0 Å². The number of rotatable bonds is 2. The van der Waals surface area contributed by atoms with Crippen LogP contribution in [0.5, 0.6) is 0 Å². The predicted molar refractivity (Wildman–Crippen MR) is 69.6 cm³/mol. The summed E-state index contributed by atoms with van der Waals surface area (Å²) in [4.78, 5) is 0. The maximum absolute atomic E-state index is 3.80. The van der Waals surface area contributed by atoms with E-state index >= 15 is 0 Å². The van der Waals surface area contributed by atoms with Crippen molar-refractivity contribution >= 4 is 21.7 Å². The van der Waals surface area contributed by atoms with E-state index in [2.05, 4.69) is 59.8 Å². The standard InChI is InChI=1S/C15H13N/c1-2-10-16-11-9-13-8-7-12-5-3-4-6-14(12)15(13)16/h2-9,11H,1,10H2. The fourth-order valence-electron chi connectivity index (χ4n) is 2.26. The molecule has 78 valence electrons. The van der Waals surface area contributed by atoms with Gasteiger partial charge >= 0.3 is 0 Å². The highest BCUT2D eigenvalue weighted by Gasteiger charge is 2.03. The molecule has 0 atom stereocenters. The number of nitrogens with zero attached hydrogens (tertiary/aromatic N) is 1. The number of benzene rings is 2. The van der Waals surface area contributed by atoms with Crippen molar-refractivity contribution in [1.29, 1.82) is 0 Å². The van der Waals surface area contributed by atoms with Crippen molar-refractivity contribution in [3.8, 4) is 0 Å². The van der Waals surface area contributed by atoms with Crippen LogP contribution in [-0.2, 0) is 6.54 Å². The highest BCUT2D eigenvalue weighted by Crippen LogP contribution is 2.26. The van der Waals surface area contributed by atoms with Crippen LogP contribution in [-0.4, -0.2) is 4.57 Å². The van der Waals surface area contributed by atoms with E-state index in [1.165, 1.54) is 21.7 Å². The summed E-state index contributed by atoms with van der Waals surface area (Å²) >= 11 is 0. The minimum Gasteiger partial charge on any atom is -0.343 e. The van der Waals surface area contributed by atoms with Crippen molar-refractivity contribution in [3.05, 3.63) is 61.3 Å². The fourth-order valence-corrected chi connectivity index (χ4v) is 2.26. The minimum absolute atomic E-state index is 0.859. The first-order chi connectivity index (χ1) is 7.90. The van der Waals surface area contributed by atoms with E-state index in [1.807, 2.05) is 6.08 Å². The Bertz CT molecular complexity index is 661. The maximum Gasteiger partial charge on any atom is 0.0562 e. The average Bonchev–Trinajstić information content (AvgIpc) is 2.73. The van der Waals surface area contributed by atoms with Crippen LogP contribution in [0.15, 0.2) is 61.3 Å². The molecule has 0 amide bonds. The monoisotopic (exact) mass is 207 g/mol. The Balaban J connectivity index is 2.46. The quantitative estimate of drug-likeness (QED) is 0.560. The molecule has 0 aliphatic heterocycles. The Morgan fingerprint density at radius 2 is 1.81 bits per heavy atom. The highest BCUT2D eigenvalue weighted by atomic mass is 14.9. The summed E-state index contributed by atoms with van der Waals surface area (Å²) in [6.07, 6.45) is 4.06. The van der Waals surface area contributed by atoms with Gasteiger partial charge in [0.05, 0.1) is 5.52 Å². The van der Waals surface area contributed by atoms with Gasteiger partial charge in [-0.3, -0.25) is 0 Å². The van der Waals surface area contributed by atoms with Crippen LogP contribution in [0.1, 0.15) is 0 Å². The first kappa shape index (κ1) is 9.22. The zero-order valence-electron chi connectivity index (χ0n) is 9.06. The minimum atomic E-state index is 0.859. The van der Waals surface area contributed by atoms with Crippen molar-refractivity contribution in [2.24, 2.45) is 0 Å². The molecule has 0 N–H and O–H groups in total. The molecular weight excluding hydrogens is 194 g/mol. The van der Waals surface area contributed by atoms with Gasteiger partial charge in [-0.15, -0.1) is 6.58 Å². The molecule has 2 aromatic carbocycles. The van der Waals surface area contributed by atoms with E-state index in [0.717, 1.165) is 6.54 Å². The average molecular weight is 207 g/mol. The van der Waals surface area contributed by atoms with Crippen molar-refractivity contribution in [2.45, 2.75) is 6.54 Å². The molecule has 3 rings (SSSR count). The van der Waals surface area contributed by atoms with E-state index in [-0.39, 0.29) is 0 Å².